The van der Waals surface area contributed by atoms with Crippen LogP contribution in [0.2, 0.25) is 5.02 Å². The summed E-state index contributed by atoms with van der Waals surface area (Å²) in [6.07, 6.45) is -0.334. The molecule has 0 bridgehead atoms. The Morgan fingerprint density at radius 2 is 1.61 bits per heavy atom. The van der Waals surface area contributed by atoms with Gasteiger partial charge in [0.15, 0.2) is 5.03 Å². The van der Waals surface area contributed by atoms with Gasteiger partial charge in [0.25, 0.3) is 10.0 Å². The van der Waals surface area contributed by atoms with Crippen LogP contribution in [0.4, 0.5) is 10.5 Å². The molecule has 0 N–H and O–H groups in total. The number of amides is 1. The van der Waals surface area contributed by atoms with Gasteiger partial charge in [-0.15, -0.1) is 0 Å². The zero-order chi connectivity index (χ0) is 38.8. The number of aromatic nitrogens is 1. The summed E-state index contributed by atoms with van der Waals surface area (Å²) in [6.45, 7) is 8.89. The average Bonchev–Trinajstić information content (AvgIpc) is 3.51. The highest BCUT2D eigenvalue weighted by Gasteiger charge is 2.41. The Kier molecular flexibility index (Phi) is 11.1. The monoisotopic (exact) mass is 763 g/mol. The number of carbonyl (C=O) groups is 2. The summed E-state index contributed by atoms with van der Waals surface area (Å²) in [4.78, 5) is 34.3. The average molecular weight is 764 g/mol. The molecule has 1 aliphatic rings. The first-order valence-corrected chi connectivity index (χ1v) is 19.5. The van der Waals surface area contributed by atoms with Crippen molar-refractivity contribution in [2.75, 3.05) is 13.1 Å². The lowest BCUT2D eigenvalue weighted by molar-refractivity contribution is -0.138. The summed E-state index contributed by atoms with van der Waals surface area (Å²) in [6, 6.07) is 32.7. The van der Waals surface area contributed by atoms with Gasteiger partial charge in [-0.2, -0.15) is 9.57 Å². The second-order valence-electron chi connectivity index (χ2n) is 14.8. The smallest absolute Gasteiger partial charge is 0.420 e. The molecule has 0 radical (unpaired) electrons. The molecule has 1 aromatic heterocycles. The molecule has 5 aromatic rings. The molecule has 4 aromatic carbocycles. The third kappa shape index (κ3) is 8.42. The van der Waals surface area contributed by atoms with E-state index in [1.54, 1.807) is 56.0 Å². The number of ether oxygens (including phenoxy) is 1. The molecule has 1 saturated heterocycles. The normalized spacial score (nSPS) is 15.3. The van der Waals surface area contributed by atoms with E-state index in [2.05, 4.69) is 6.07 Å². The van der Waals surface area contributed by atoms with Gasteiger partial charge in [-0.05, 0) is 75.1 Å². The van der Waals surface area contributed by atoms with Crippen LogP contribution in [-0.4, -0.2) is 64.6 Å². The number of sulfonamides is 1. The maximum Gasteiger partial charge on any atom is 0.420 e. The molecule has 12 heteroatoms. The minimum Gasteiger partial charge on any atom is -0.443 e. The fraction of sp³-hybridized carbons (Fsp3) is 0.286. The topological polar surface area (TPSA) is 125 Å². The highest BCUT2D eigenvalue weighted by atomic mass is 35.5. The maximum absolute atomic E-state index is 14.5. The molecule has 6 rings (SSSR count). The van der Waals surface area contributed by atoms with E-state index in [0.717, 1.165) is 25.6 Å². The van der Waals surface area contributed by atoms with E-state index < -0.39 is 34.3 Å². The minimum absolute atomic E-state index is 0.0102. The molecule has 54 heavy (non-hydrogen) atoms. The van der Waals surface area contributed by atoms with E-state index in [1.165, 1.54) is 6.07 Å². The van der Waals surface area contributed by atoms with Gasteiger partial charge < -0.3 is 9.64 Å². The van der Waals surface area contributed by atoms with Crippen LogP contribution in [0.5, 0.6) is 0 Å². The molecule has 278 valence electrons. The predicted octanol–water partition coefficient (Wildman–Crippen LogP) is 8.57. The van der Waals surface area contributed by atoms with Gasteiger partial charge in [0.05, 0.1) is 29.0 Å². The molecular formula is C42H42ClN5O5S. The number of piperazine rings is 1. The zero-order valence-electron chi connectivity index (χ0n) is 30.9. The lowest BCUT2D eigenvalue weighted by atomic mass is 9.99. The van der Waals surface area contributed by atoms with Crippen molar-refractivity contribution in [1.82, 2.24) is 13.8 Å². The molecule has 1 atom stereocenters. The second kappa shape index (κ2) is 15.6. The third-order valence-electron chi connectivity index (χ3n) is 9.00. The number of benzene rings is 4. The number of nitriles is 1. The van der Waals surface area contributed by atoms with Gasteiger partial charge in [-0.1, -0.05) is 92.2 Å². The summed E-state index contributed by atoms with van der Waals surface area (Å²) in [5, 5.41) is 10.6. The van der Waals surface area contributed by atoms with E-state index in [1.807, 2.05) is 80.6 Å². The lowest BCUT2D eigenvalue weighted by Crippen LogP contribution is -2.57. The molecule has 0 unspecified atom stereocenters. The van der Waals surface area contributed by atoms with Gasteiger partial charge in [-0.3, -0.25) is 4.79 Å². The van der Waals surface area contributed by atoms with Crippen LogP contribution in [0.1, 0.15) is 63.3 Å². The zero-order valence-corrected chi connectivity index (χ0v) is 32.4. The van der Waals surface area contributed by atoms with Crippen molar-refractivity contribution in [3.05, 3.63) is 130 Å². The number of hydrogen-bond acceptors (Lipinski definition) is 7. The largest absolute Gasteiger partial charge is 0.443 e. The van der Waals surface area contributed by atoms with E-state index in [4.69, 9.17) is 21.3 Å². The summed E-state index contributed by atoms with van der Waals surface area (Å²) in [5.74, 6) is -0.258. The van der Waals surface area contributed by atoms with Crippen molar-refractivity contribution in [1.29, 1.82) is 5.26 Å². The molecule has 0 aliphatic carbocycles. The summed E-state index contributed by atoms with van der Waals surface area (Å²) >= 11 is 6.25. The number of aliphatic imine (C=N–C) groups is 1. The molecule has 1 aliphatic heterocycles. The fourth-order valence-electron chi connectivity index (χ4n) is 6.64. The minimum atomic E-state index is -4.40. The standard InChI is InChI=1S/C42H42ClN5O5S/c1-28(2)20-35-26-46(54(51,52)39-23-33-22-34(43)18-19-37(33)48(39)41(50)53-42(3,4)5)27-38(49)47(35)25-29-16-17-32(24-44)36(21-29)45-40(30-12-8-6-9-13-30)31-14-10-7-11-15-31/h6-19,21-23,28,35H,20,25-27H2,1-5H3/t35-/m0/s1. The Morgan fingerprint density at radius 3 is 2.20 bits per heavy atom. The van der Waals surface area contributed by atoms with Crippen molar-refractivity contribution < 1.29 is 22.7 Å². The highest BCUT2D eigenvalue weighted by molar-refractivity contribution is 7.89. The second-order valence-corrected chi connectivity index (χ2v) is 17.1. The first-order chi connectivity index (χ1) is 25.6. The van der Waals surface area contributed by atoms with Gasteiger partial charge in [-0.25, -0.2) is 22.8 Å². The highest BCUT2D eigenvalue weighted by Crippen LogP contribution is 2.32. The molecule has 2 heterocycles. The third-order valence-corrected chi connectivity index (χ3v) is 11.0. The first-order valence-electron chi connectivity index (χ1n) is 17.7. The summed E-state index contributed by atoms with van der Waals surface area (Å²) in [5.41, 5.74) is 3.47. The lowest BCUT2D eigenvalue weighted by Gasteiger charge is -2.41. The van der Waals surface area contributed by atoms with E-state index >= 15 is 0 Å². The molecule has 10 nitrogen and oxygen atoms in total. The Bertz CT molecular complexity index is 2340. The number of fused-ring (bicyclic) bond motifs is 1. The van der Waals surface area contributed by atoms with Crippen LogP contribution >= 0.6 is 11.6 Å². The first kappa shape index (κ1) is 38.4. The number of hydrogen-bond donors (Lipinski definition) is 0. The predicted molar refractivity (Wildman–Crippen MR) is 210 cm³/mol. The van der Waals surface area contributed by atoms with E-state index in [0.29, 0.717) is 39.3 Å². The number of rotatable bonds is 9. The maximum atomic E-state index is 14.5. The van der Waals surface area contributed by atoms with Gasteiger partial charge in [0.2, 0.25) is 5.91 Å². The molecule has 1 fully saturated rings. The van der Waals surface area contributed by atoms with Crippen LogP contribution in [0.25, 0.3) is 10.9 Å². The van der Waals surface area contributed by atoms with Crippen LogP contribution in [0.3, 0.4) is 0 Å². The van der Waals surface area contributed by atoms with Crippen LogP contribution in [0.15, 0.2) is 113 Å². The van der Waals surface area contributed by atoms with Crippen molar-refractivity contribution in [2.24, 2.45) is 10.9 Å². The van der Waals surface area contributed by atoms with E-state index in [-0.39, 0.29) is 29.9 Å². The molecule has 0 spiro atoms. The Labute approximate surface area is 321 Å². The Hall–Kier alpha value is -5.28. The molecule has 0 saturated carbocycles. The quantitative estimate of drug-likeness (QED) is 0.139. The Balaban J connectivity index is 1.35. The van der Waals surface area contributed by atoms with Crippen LogP contribution in [0, 0.1) is 17.2 Å². The van der Waals surface area contributed by atoms with Crippen LogP contribution in [-0.2, 0) is 26.1 Å². The number of carbonyl (C=O) groups excluding carboxylic acids is 2. The van der Waals surface area contributed by atoms with Crippen molar-refractivity contribution in [3.8, 4) is 6.07 Å². The summed E-state index contributed by atoms with van der Waals surface area (Å²) in [7, 11) is -4.40. The van der Waals surface area contributed by atoms with Gasteiger partial charge >= 0.3 is 6.09 Å². The number of halogens is 1. The van der Waals surface area contributed by atoms with Crippen molar-refractivity contribution in [3.63, 3.8) is 0 Å². The molecular weight excluding hydrogens is 722 g/mol. The van der Waals surface area contributed by atoms with Crippen LogP contribution < -0.4 is 0 Å². The van der Waals surface area contributed by atoms with Gasteiger partial charge in [0.1, 0.15) is 11.7 Å². The Morgan fingerprint density at radius 1 is 0.963 bits per heavy atom. The fourth-order valence-corrected chi connectivity index (χ4v) is 8.41. The number of nitrogens with zero attached hydrogens (tertiary/aromatic N) is 5. The van der Waals surface area contributed by atoms with E-state index in [9.17, 15) is 23.3 Å². The van der Waals surface area contributed by atoms with Crippen molar-refractivity contribution in [2.45, 2.75) is 64.3 Å². The van der Waals surface area contributed by atoms with Crippen molar-refractivity contribution >= 4 is 55.9 Å². The molecule has 1 amide bonds. The van der Waals surface area contributed by atoms with Gasteiger partial charge in [0, 0.05) is 40.7 Å². The SMILES string of the molecule is CC(C)C[C@H]1CN(S(=O)(=O)c2cc3cc(Cl)ccc3n2C(=O)OC(C)(C)C)CC(=O)N1Cc1ccc(C#N)c(N=C(c2ccccc2)c2ccccc2)c1. The summed E-state index contributed by atoms with van der Waals surface area (Å²) < 4.78 is 36.8.